The van der Waals surface area contributed by atoms with E-state index in [0.717, 1.165) is 72.7 Å². The van der Waals surface area contributed by atoms with E-state index >= 15 is 0 Å². The van der Waals surface area contributed by atoms with Gasteiger partial charge in [-0.15, -0.1) is 0 Å². The maximum Gasteiger partial charge on any atom is 0.254 e. The van der Waals surface area contributed by atoms with Crippen LogP contribution in [-0.2, 0) is 17.8 Å². The molecule has 1 saturated carbocycles. The number of hydrogen-bond donors (Lipinski definition) is 1. The lowest BCUT2D eigenvalue weighted by Gasteiger charge is -2.31. The molecule has 3 aromatic rings. The molecule has 5 rings (SSSR count). The average Bonchev–Trinajstić information content (AvgIpc) is 3.31. The minimum absolute atomic E-state index is 0.0420. The Balaban J connectivity index is 1.12. The van der Waals surface area contributed by atoms with Crippen molar-refractivity contribution in [2.45, 2.75) is 58.5 Å². The molecule has 0 atom stereocenters. The van der Waals surface area contributed by atoms with Crippen molar-refractivity contribution in [1.29, 1.82) is 0 Å². The molecule has 2 aromatic heterocycles. The van der Waals surface area contributed by atoms with Crippen LogP contribution in [0.15, 0.2) is 48.7 Å². The van der Waals surface area contributed by atoms with Crippen LogP contribution in [-0.4, -0.2) is 44.1 Å². The first-order valence-corrected chi connectivity index (χ1v) is 12.1. The van der Waals surface area contributed by atoms with Crippen LogP contribution < -0.4 is 5.32 Å². The molecule has 2 amide bonds. The van der Waals surface area contributed by atoms with Gasteiger partial charge in [0, 0.05) is 42.1 Å². The Bertz CT molecular complexity index is 1190. The molecule has 1 aliphatic heterocycles. The largest absolute Gasteiger partial charge is 0.353 e. The summed E-state index contributed by atoms with van der Waals surface area (Å²) in [6.45, 7) is 5.45. The van der Waals surface area contributed by atoms with E-state index in [-0.39, 0.29) is 17.9 Å². The van der Waals surface area contributed by atoms with Crippen molar-refractivity contribution in [1.82, 2.24) is 25.0 Å². The highest BCUT2D eigenvalue weighted by atomic mass is 16.2. The third kappa shape index (κ3) is 4.47. The summed E-state index contributed by atoms with van der Waals surface area (Å²) >= 11 is 0. The molecule has 7 nitrogen and oxygen atoms in total. The summed E-state index contributed by atoms with van der Waals surface area (Å²) in [4.78, 5) is 31.9. The van der Waals surface area contributed by atoms with Crippen LogP contribution in [0.5, 0.6) is 0 Å². The third-order valence-corrected chi connectivity index (χ3v) is 7.23. The summed E-state index contributed by atoms with van der Waals surface area (Å²) in [7, 11) is 0. The second-order valence-electron chi connectivity index (χ2n) is 9.55. The Hall–Kier alpha value is -3.48. The zero-order valence-corrected chi connectivity index (χ0v) is 19.8. The van der Waals surface area contributed by atoms with Gasteiger partial charge in [0.25, 0.3) is 5.91 Å². The van der Waals surface area contributed by atoms with Crippen molar-refractivity contribution in [2.24, 2.45) is 5.92 Å². The molecule has 0 bridgehead atoms. The fraction of sp³-hybridized carbons (Fsp3) is 0.407. The fourth-order valence-corrected chi connectivity index (χ4v) is 5.34. The van der Waals surface area contributed by atoms with E-state index < -0.39 is 0 Å². The molecule has 34 heavy (non-hydrogen) atoms. The maximum atomic E-state index is 12.8. The molecule has 2 aliphatic rings. The number of hydrogen-bond acceptors (Lipinski definition) is 4. The second kappa shape index (κ2) is 9.41. The van der Waals surface area contributed by atoms with Gasteiger partial charge in [-0.3, -0.25) is 9.59 Å². The molecule has 176 valence electrons. The molecule has 0 radical (unpaired) electrons. The number of rotatable bonds is 6. The van der Waals surface area contributed by atoms with Gasteiger partial charge < -0.3 is 10.2 Å². The molecule has 1 fully saturated rings. The topological polar surface area (TPSA) is 80.1 Å². The lowest BCUT2D eigenvalue weighted by Crippen LogP contribution is -2.40. The molecule has 1 aromatic carbocycles. The van der Waals surface area contributed by atoms with Gasteiger partial charge in [-0.2, -0.15) is 5.10 Å². The summed E-state index contributed by atoms with van der Waals surface area (Å²) in [5, 5.41) is 7.84. The van der Waals surface area contributed by atoms with Gasteiger partial charge in [-0.25, -0.2) is 9.67 Å². The summed E-state index contributed by atoms with van der Waals surface area (Å²) in [6, 6.07) is 13.8. The van der Waals surface area contributed by atoms with Gasteiger partial charge in [0.1, 0.15) is 0 Å². The van der Waals surface area contributed by atoms with Crippen molar-refractivity contribution in [3.8, 4) is 5.82 Å². The highest BCUT2D eigenvalue weighted by molar-refractivity contribution is 5.98. The van der Waals surface area contributed by atoms with Crippen molar-refractivity contribution >= 4 is 11.8 Å². The van der Waals surface area contributed by atoms with Crippen molar-refractivity contribution < 1.29 is 9.59 Å². The lowest BCUT2D eigenvalue weighted by molar-refractivity contribution is -0.121. The first-order valence-electron chi connectivity index (χ1n) is 12.1. The smallest absolute Gasteiger partial charge is 0.254 e. The molecular formula is C27H31N5O2. The quantitative estimate of drug-likeness (QED) is 0.611. The summed E-state index contributed by atoms with van der Waals surface area (Å²) in [5.41, 5.74) is 4.75. The Morgan fingerprint density at radius 1 is 1.06 bits per heavy atom. The van der Waals surface area contributed by atoms with Gasteiger partial charge in [0.2, 0.25) is 5.91 Å². The highest BCUT2D eigenvalue weighted by Crippen LogP contribution is 2.29. The number of pyridine rings is 1. The number of aryl methyl sites for hydroxylation is 1. The Kier molecular flexibility index (Phi) is 6.18. The number of nitrogens with one attached hydrogen (secondary N) is 1. The summed E-state index contributed by atoms with van der Waals surface area (Å²) in [6.07, 6.45) is 6.03. The van der Waals surface area contributed by atoms with Crippen molar-refractivity contribution in [3.63, 3.8) is 0 Å². The average molecular weight is 458 g/mol. The predicted octanol–water partition coefficient (Wildman–Crippen LogP) is 3.76. The molecule has 7 heteroatoms. The monoisotopic (exact) mass is 457 g/mol. The molecule has 1 N–H and O–H groups in total. The third-order valence-electron chi connectivity index (χ3n) is 7.23. The van der Waals surface area contributed by atoms with E-state index in [0.29, 0.717) is 12.3 Å². The summed E-state index contributed by atoms with van der Waals surface area (Å²) in [5.74, 6) is 1.45. The zero-order chi connectivity index (χ0) is 23.7. The number of carbonyl (C=O) groups excluding carboxylic acids is 2. The number of fused-ring (bicyclic) bond motifs is 1. The van der Waals surface area contributed by atoms with Gasteiger partial charge in [-0.05, 0) is 69.2 Å². The lowest BCUT2D eigenvalue weighted by atomic mass is 9.85. The van der Waals surface area contributed by atoms with Crippen LogP contribution in [0.1, 0.15) is 58.6 Å². The van der Waals surface area contributed by atoms with E-state index in [4.69, 9.17) is 0 Å². The van der Waals surface area contributed by atoms with E-state index in [1.165, 1.54) is 0 Å². The minimum Gasteiger partial charge on any atom is -0.353 e. The van der Waals surface area contributed by atoms with Crippen LogP contribution in [0.2, 0.25) is 0 Å². The fourth-order valence-electron chi connectivity index (χ4n) is 5.34. The Morgan fingerprint density at radius 2 is 1.82 bits per heavy atom. The number of nitrogens with zero attached hydrogens (tertiary/aromatic N) is 4. The molecule has 3 heterocycles. The van der Waals surface area contributed by atoms with Crippen LogP contribution in [0.25, 0.3) is 5.82 Å². The van der Waals surface area contributed by atoms with E-state index in [9.17, 15) is 9.59 Å². The van der Waals surface area contributed by atoms with Gasteiger partial charge >= 0.3 is 0 Å². The maximum absolute atomic E-state index is 12.8. The molecule has 0 saturated heterocycles. The van der Waals surface area contributed by atoms with Crippen LogP contribution in [0.4, 0.5) is 0 Å². The highest BCUT2D eigenvalue weighted by Gasteiger charge is 2.31. The molecule has 0 unspecified atom stereocenters. The number of amides is 2. The first-order chi connectivity index (χ1) is 16.5. The number of benzene rings is 1. The van der Waals surface area contributed by atoms with Crippen molar-refractivity contribution in [2.75, 3.05) is 6.54 Å². The van der Waals surface area contributed by atoms with Crippen molar-refractivity contribution in [3.05, 3.63) is 76.7 Å². The second-order valence-corrected chi connectivity index (χ2v) is 9.55. The van der Waals surface area contributed by atoms with Crippen LogP contribution >= 0.6 is 0 Å². The zero-order valence-electron chi connectivity index (χ0n) is 19.8. The van der Waals surface area contributed by atoms with E-state index in [2.05, 4.69) is 15.4 Å². The normalized spacial score (nSPS) is 19.8. The molecule has 1 aliphatic carbocycles. The van der Waals surface area contributed by atoms with E-state index in [1.807, 2.05) is 61.2 Å². The van der Waals surface area contributed by atoms with E-state index in [1.54, 1.807) is 10.9 Å². The SMILES string of the molecule is Cc1nn(-c2ccccn2)c(C)c1CC(=O)NC1CCC(CN2Cc3ccccc3C2=O)CC1. The Labute approximate surface area is 200 Å². The Morgan fingerprint density at radius 3 is 2.56 bits per heavy atom. The number of aromatic nitrogens is 3. The molecule has 0 spiro atoms. The standard InChI is InChI=1S/C27H31N5O2/c1-18-24(19(2)32(30-18)25-9-5-6-14-28-25)15-26(33)29-22-12-10-20(11-13-22)16-31-17-21-7-3-4-8-23(21)27(31)34/h3-9,14,20,22H,10-13,15-17H2,1-2H3,(H,29,33). The number of carbonyl (C=O) groups is 2. The van der Waals surface area contributed by atoms with Crippen LogP contribution in [0, 0.1) is 19.8 Å². The van der Waals surface area contributed by atoms with Crippen LogP contribution in [0.3, 0.4) is 0 Å². The first kappa shape index (κ1) is 22.3. The molecular weight excluding hydrogens is 426 g/mol. The minimum atomic E-state index is 0.0420. The van der Waals surface area contributed by atoms with Gasteiger partial charge in [0.05, 0.1) is 12.1 Å². The van der Waals surface area contributed by atoms with Gasteiger partial charge in [-0.1, -0.05) is 24.3 Å². The summed E-state index contributed by atoms with van der Waals surface area (Å²) < 4.78 is 1.81. The van der Waals surface area contributed by atoms with Gasteiger partial charge in [0.15, 0.2) is 5.82 Å². The predicted molar refractivity (Wildman–Crippen MR) is 130 cm³/mol.